The van der Waals surface area contributed by atoms with Crippen LogP contribution in [0.2, 0.25) is 0 Å². The van der Waals surface area contributed by atoms with E-state index in [1.165, 1.54) is 6.07 Å². The fourth-order valence-corrected chi connectivity index (χ4v) is 1.64. The molecule has 1 rings (SSSR count). The van der Waals surface area contributed by atoms with E-state index in [4.69, 9.17) is 10.5 Å². The molecule has 3 nitrogen and oxygen atoms in total. The number of aliphatic hydroxyl groups excluding tert-OH is 1. The number of ether oxygens (including phenoxy) is 1. The van der Waals surface area contributed by atoms with Crippen LogP contribution in [0.3, 0.4) is 0 Å². The van der Waals surface area contributed by atoms with E-state index >= 15 is 0 Å². The van der Waals surface area contributed by atoms with Crippen LogP contribution in [0.15, 0.2) is 18.2 Å². The van der Waals surface area contributed by atoms with E-state index in [9.17, 15) is 9.50 Å². The minimum Gasteiger partial charge on any atom is -0.486 e. The van der Waals surface area contributed by atoms with E-state index in [0.717, 1.165) is 12.8 Å². The predicted molar refractivity (Wildman–Crippen MR) is 65.5 cm³/mol. The Kier molecular flexibility index (Phi) is 5.38. The molecule has 0 heterocycles. The summed E-state index contributed by atoms with van der Waals surface area (Å²) in [5.41, 5.74) is 6.41. The van der Waals surface area contributed by atoms with E-state index in [2.05, 4.69) is 0 Å². The zero-order valence-corrected chi connectivity index (χ0v) is 10.3. The number of hydrogen-bond donors (Lipinski definition) is 2. The number of benzene rings is 1. The molecule has 2 unspecified atom stereocenters. The summed E-state index contributed by atoms with van der Waals surface area (Å²) in [5, 5.41) is 9.23. The van der Waals surface area contributed by atoms with E-state index < -0.39 is 6.10 Å². The van der Waals surface area contributed by atoms with Crippen LogP contribution in [-0.4, -0.2) is 23.9 Å². The molecule has 17 heavy (non-hydrogen) atoms. The van der Waals surface area contributed by atoms with Crippen LogP contribution >= 0.6 is 0 Å². The lowest BCUT2D eigenvalue weighted by atomic mass is 10.1. The molecule has 0 amide bonds. The van der Waals surface area contributed by atoms with Gasteiger partial charge >= 0.3 is 0 Å². The summed E-state index contributed by atoms with van der Waals surface area (Å²) < 4.78 is 18.6. The minimum atomic E-state index is -0.445. The molecule has 0 bridgehead atoms. The highest BCUT2D eigenvalue weighted by molar-refractivity contribution is 5.29. The molecule has 0 saturated heterocycles. The van der Waals surface area contributed by atoms with Gasteiger partial charge in [0.1, 0.15) is 17.7 Å². The molecule has 3 N–H and O–H groups in total. The Morgan fingerprint density at radius 3 is 2.71 bits per heavy atom. The van der Waals surface area contributed by atoms with E-state index in [0.29, 0.717) is 11.3 Å². The van der Waals surface area contributed by atoms with Crippen LogP contribution < -0.4 is 10.5 Å². The standard InChI is InChI=1S/C13H20FNO2/c1-3-4-12(15)13(8-16)17-10-5-6-11(14)9(2)7-10/h5-7,12-13,16H,3-4,8,15H2,1-2H3. The SMILES string of the molecule is CCCC(N)C(CO)Oc1ccc(F)c(C)c1. The third-order valence-electron chi connectivity index (χ3n) is 2.70. The van der Waals surface area contributed by atoms with Gasteiger partial charge in [0.2, 0.25) is 0 Å². The van der Waals surface area contributed by atoms with Crippen LogP contribution in [-0.2, 0) is 0 Å². The van der Waals surface area contributed by atoms with Crippen molar-refractivity contribution in [2.24, 2.45) is 5.73 Å². The number of halogens is 1. The zero-order valence-electron chi connectivity index (χ0n) is 10.3. The average Bonchev–Trinajstić information content (AvgIpc) is 2.30. The van der Waals surface area contributed by atoms with Crippen molar-refractivity contribution >= 4 is 0 Å². The van der Waals surface area contributed by atoms with E-state index in [1.807, 2.05) is 6.92 Å². The Labute approximate surface area is 101 Å². The summed E-state index contributed by atoms with van der Waals surface area (Å²) in [7, 11) is 0. The van der Waals surface area contributed by atoms with Crippen LogP contribution in [0.25, 0.3) is 0 Å². The quantitative estimate of drug-likeness (QED) is 0.801. The molecule has 0 spiro atoms. The molecule has 2 atom stereocenters. The van der Waals surface area contributed by atoms with Gasteiger partial charge in [0.05, 0.1) is 6.61 Å². The number of nitrogens with two attached hydrogens (primary N) is 1. The number of rotatable bonds is 6. The van der Waals surface area contributed by atoms with Crippen molar-refractivity contribution in [2.75, 3.05) is 6.61 Å². The fourth-order valence-electron chi connectivity index (χ4n) is 1.64. The Balaban J connectivity index is 2.70. The lowest BCUT2D eigenvalue weighted by Gasteiger charge is -2.23. The summed E-state index contributed by atoms with van der Waals surface area (Å²) in [6, 6.07) is 4.29. The third kappa shape index (κ3) is 3.98. The van der Waals surface area contributed by atoms with E-state index in [-0.39, 0.29) is 18.5 Å². The van der Waals surface area contributed by atoms with Crippen molar-refractivity contribution in [3.05, 3.63) is 29.6 Å². The Bertz CT molecular complexity index is 357. The number of aliphatic hydroxyl groups is 1. The molecule has 0 fully saturated rings. The molecule has 0 aliphatic carbocycles. The van der Waals surface area contributed by atoms with Crippen molar-refractivity contribution in [3.8, 4) is 5.75 Å². The summed E-state index contributed by atoms with van der Waals surface area (Å²) >= 11 is 0. The lowest BCUT2D eigenvalue weighted by Crippen LogP contribution is -2.41. The molecule has 4 heteroatoms. The first-order valence-electron chi connectivity index (χ1n) is 5.87. The normalized spacial score (nSPS) is 14.4. The molecule has 1 aromatic rings. The zero-order chi connectivity index (χ0) is 12.8. The summed E-state index contributed by atoms with van der Waals surface area (Å²) in [6.45, 7) is 3.55. The molecule has 0 aromatic heterocycles. The van der Waals surface area contributed by atoms with Crippen molar-refractivity contribution < 1.29 is 14.2 Å². The highest BCUT2D eigenvalue weighted by Crippen LogP contribution is 2.18. The van der Waals surface area contributed by atoms with Crippen molar-refractivity contribution in [1.29, 1.82) is 0 Å². The topological polar surface area (TPSA) is 55.5 Å². The van der Waals surface area contributed by atoms with Crippen LogP contribution in [0.5, 0.6) is 5.75 Å². The van der Waals surface area contributed by atoms with Crippen molar-refractivity contribution in [2.45, 2.75) is 38.8 Å². The summed E-state index contributed by atoms with van der Waals surface area (Å²) in [5.74, 6) is 0.269. The second-order valence-electron chi connectivity index (χ2n) is 4.20. The number of aryl methyl sites for hydroxylation is 1. The predicted octanol–water partition coefficient (Wildman–Crippen LogP) is 2.00. The fraction of sp³-hybridized carbons (Fsp3) is 0.538. The second-order valence-corrected chi connectivity index (χ2v) is 4.20. The van der Waals surface area contributed by atoms with Crippen molar-refractivity contribution in [3.63, 3.8) is 0 Å². The molecular formula is C13H20FNO2. The van der Waals surface area contributed by atoms with Gasteiger partial charge in [0, 0.05) is 6.04 Å². The maximum Gasteiger partial charge on any atom is 0.137 e. The van der Waals surface area contributed by atoms with Gasteiger partial charge in [-0.15, -0.1) is 0 Å². The molecular weight excluding hydrogens is 221 g/mol. The van der Waals surface area contributed by atoms with Crippen molar-refractivity contribution in [1.82, 2.24) is 0 Å². The molecule has 96 valence electrons. The van der Waals surface area contributed by atoms with Crippen LogP contribution in [0, 0.1) is 12.7 Å². The highest BCUT2D eigenvalue weighted by Gasteiger charge is 2.18. The van der Waals surface area contributed by atoms with Gasteiger partial charge in [-0.25, -0.2) is 4.39 Å². The van der Waals surface area contributed by atoms with Gasteiger partial charge in [-0.3, -0.25) is 0 Å². The average molecular weight is 241 g/mol. The lowest BCUT2D eigenvalue weighted by molar-refractivity contribution is 0.0915. The Morgan fingerprint density at radius 1 is 1.47 bits per heavy atom. The van der Waals surface area contributed by atoms with Gasteiger partial charge in [0.15, 0.2) is 0 Å². The van der Waals surface area contributed by atoms with Gasteiger partial charge in [0.25, 0.3) is 0 Å². The Morgan fingerprint density at radius 2 is 2.18 bits per heavy atom. The molecule has 0 radical (unpaired) electrons. The van der Waals surface area contributed by atoms with Crippen LogP contribution in [0.1, 0.15) is 25.3 Å². The van der Waals surface area contributed by atoms with Gasteiger partial charge in [-0.05, 0) is 37.1 Å². The molecule has 0 saturated carbocycles. The smallest absolute Gasteiger partial charge is 0.137 e. The molecule has 1 aromatic carbocycles. The maximum atomic E-state index is 13.1. The molecule has 0 aliphatic rings. The van der Waals surface area contributed by atoms with Gasteiger partial charge in [-0.2, -0.15) is 0 Å². The summed E-state index contributed by atoms with van der Waals surface area (Å²) in [4.78, 5) is 0. The minimum absolute atomic E-state index is 0.141. The molecule has 0 aliphatic heterocycles. The van der Waals surface area contributed by atoms with Gasteiger partial charge < -0.3 is 15.6 Å². The first-order valence-corrected chi connectivity index (χ1v) is 5.87. The highest BCUT2D eigenvalue weighted by atomic mass is 19.1. The largest absolute Gasteiger partial charge is 0.486 e. The first kappa shape index (κ1) is 13.9. The first-order chi connectivity index (χ1) is 8.08. The Hall–Kier alpha value is -1.13. The van der Waals surface area contributed by atoms with Crippen LogP contribution in [0.4, 0.5) is 4.39 Å². The third-order valence-corrected chi connectivity index (χ3v) is 2.70. The monoisotopic (exact) mass is 241 g/mol. The summed E-state index contributed by atoms with van der Waals surface area (Å²) in [6.07, 6.45) is 1.27. The number of hydrogen-bond acceptors (Lipinski definition) is 3. The van der Waals surface area contributed by atoms with E-state index in [1.54, 1.807) is 19.1 Å². The van der Waals surface area contributed by atoms with Gasteiger partial charge in [-0.1, -0.05) is 13.3 Å². The maximum absolute atomic E-state index is 13.1. The second kappa shape index (κ2) is 6.57.